The zero-order chi connectivity index (χ0) is 36.3. The third kappa shape index (κ3) is 7.57. The molecule has 1 aliphatic heterocycles. The number of rotatable bonds is 8. The Morgan fingerprint density at radius 1 is 1.02 bits per heavy atom. The van der Waals surface area contributed by atoms with Gasteiger partial charge in [0.1, 0.15) is 11.2 Å². The molecule has 5 rings (SSSR count). The molecule has 0 unspecified atom stereocenters. The van der Waals surface area contributed by atoms with E-state index in [1.165, 1.54) is 18.2 Å². The summed E-state index contributed by atoms with van der Waals surface area (Å²) >= 11 is 13.1. The summed E-state index contributed by atoms with van der Waals surface area (Å²) in [7, 11) is 1.67. The highest BCUT2D eigenvalue weighted by molar-refractivity contribution is 6.36. The number of imidazole rings is 1. The van der Waals surface area contributed by atoms with Crippen LogP contribution in [0.15, 0.2) is 24.3 Å². The second kappa shape index (κ2) is 13.1. The molecule has 268 valence electrons. The number of aromatic nitrogens is 2. The molecule has 0 atom stereocenters. The Hall–Kier alpha value is -3.33. The largest absolute Gasteiger partial charge is 0.402 e. The van der Waals surface area contributed by atoms with E-state index < -0.39 is 60.3 Å². The van der Waals surface area contributed by atoms with Gasteiger partial charge in [-0.15, -0.1) is 0 Å². The first-order chi connectivity index (χ1) is 22.6. The van der Waals surface area contributed by atoms with Crippen molar-refractivity contribution < 1.29 is 44.7 Å². The molecule has 2 amide bonds. The van der Waals surface area contributed by atoms with Crippen LogP contribution < -0.4 is 15.5 Å². The van der Waals surface area contributed by atoms with E-state index in [9.17, 15) is 44.7 Å². The van der Waals surface area contributed by atoms with E-state index in [2.05, 4.69) is 15.6 Å². The molecule has 0 spiro atoms. The van der Waals surface area contributed by atoms with E-state index in [0.29, 0.717) is 33.7 Å². The number of anilines is 1. The number of fused-ring (bicyclic) bond motifs is 1. The molecule has 7 nitrogen and oxygen atoms in total. The monoisotopic (exact) mass is 741 g/mol. The molecular formula is C32H33Cl2F8N5O2. The van der Waals surface area contributed by atoms with Gasteiger partial charge in [-0.1, -0.05) is 29.3 Å². The zero-order valence-corrected chi connectivity index (χ0v) is 28.1. The Morgan fingerprint density at radius 2 is 1.65 bits per heavy atom. The van der Waals surface area contributed by atoms with Gasteiger partial charge in [-0.3, -0.25) is 9.59 Å². The summed E-state index contributed by atoms with van der Waals surface area (Å²) in [5.41, 5.74) is -0.721. The van der Waals surface area contributed by atoms with Gasteiger partial charge >= 0.3 is 12.4 Å². The number of alkyl halides is 8. The van der Waals surface area contributed by atoms with Gasteiger partial charge in [-0.2, -0.15) is 26.3 Å². The average molecular weight is 743 g/mol. The van der Waals surface area contributed by atoms with Gasteiger partial charge in [0.25, 0.3) is 11.8 Å². The Kier molecular flexibility index (Phi) is 9.87. The highest BCUT2D eigenvalue weighted by Gasteiger charge is 2.53. The maximum atomic E-state index is 13.5. The highest BCUT2D eigenvalue weighted by Crippen LogP contribution is 2.41. The fourth-order valence-corrected chi connectivity index (χ4v) is 6.55. The van der Waals surface area contributed by atoms with Gasteiger partial charge in [-0.05, 0) is 56.0 Å². The lowest BCUT2D eigenvalue weighted by atomic mass is 9.88. The Labute approximate surface area is 286 Å². The standard InChI is InChI=1S/C32H33Cl2F8N5O2/c1-29(2,32(40,41)42)28(49)43-15-16-4-5-21(33)19(26(16)34)11-25-45-22-10-20(27(48)44-18-13-30(35,36)14-18)23(12-24(22)46(25)3)47-8-6-17(7-9-47)31(37,38)39/h4-5,10,12,17-18H,6-9,11,13-15H2,1-3H3,(H,43,49)(H,44,48). The fourth-order valence-electron chi connectivity index (χ4n) is 5.98. The van der Waals surface area contributed by atoms with E-state index in [1.807, 2.05) is 0 Å². The van der Waals surface area contributed by atoms with Crippen LogP contribution in [0.3, 0.4) is 0 Å². The number of carbonyl (C=O) groups excluding carboxylic acids is 2. The first kappa shape index (κ1) is 36.9. The lowest BCUT2D eigenvalue weighted by Crippen LogP contribution is -2.50. The number of carbonyl (C=O) groups is 2. The molecule has 1 saturated carbocycles. The highest BCUT2D eigenvalue weighted by atomic mass is 35.5. The lowest BCUT2D eigenvalue weighted by Gasteiger charge is -2.37. The normalized spacial score (nSPS) is 17.7. The molecule has 1 saturated heterocycles. The molecule has 17 heteroatoms. The predicted molar refractivity (Wildman–Crippen MR) is 168 cm³/mol. The van der Waals surface area contributed by atoms with Crippen LogP contribution in [0.25, 0.3) is 11.0 Å². The molecule has 0 radical (unpaired) electrons. The lowest BCUT2D eigenvalue weighted by molar-refractivity contribution is -0.211. The van der Waals surface area contributed by atoms with E-state index in [0.717, 1.165) is 13.8 Å². The summed E-state index contributed by atoms with van der Waals surface area (Å²) < 4.78 is 109. The number of aryl methyl sites for hydroxylation is 1. The van der Waals surface area contributed by atoms with Gasteiger partial charge in [-0.25, -0.2) is 13.8 Å². The van der Waals surface area contributed by atoms with Crippen LogP contribution in [0.5, 0.6) is 0 Å². The van der Waals surface area contributed by atoms with Crippen LogP contribution in [-0.2, 0) is 24.8 Å². The van der Waals surface area contributed by atoms with Crippen molar-refractivity contribution in [2.75, 3.05) is 18.0 Å². The van der Waals surface area contributed by atoms with Crippen molar-refractivity contribution in [3.63, 3.8) is 0 Å². The number of benzene rings is 2. The number of hydrogen-bond donors (Lipinski definition) is 2. The van der Waals surface area contributed by atoms with Crippen LogP contribution in [0.1, 0.15) is 66.8 Å². The molecule has 2 fully saturated rings. The fraction of sp³-hybridized carbons (Fsp3) is 0.531. The van der Waals surface area contributed by atoms with E-state index >= 15 is 0 Å². The number of nitrogens with zero attached hydrogens (tertiary/aromatic N) is 3. The van der Waals surface area contributed by atoms with Gasteiger partial charge < -0.3 is 20.1 Å². The molecule has 49 heavy (non-hydrogen) atoms. The Bertz CT molecular complexity index is 1760. The molecule has 0 bridgehead atoms. The first-order valence-corrected chi connectivity index (χ1v) is 16.1. The van der Waals surface area contributed by atoms with Gasteiger partial charge in [0, 0.05) is 57.0 Å². The molecule has 2 heterocycles. The summed E-state index contributed by atoms with van der Waals surface area (Å²) in [4.78, 5) is 32.1. The van der Waals surface area contributed by atoms with Crippen molar-refractivity contribution in [2.45, 2.75) is 76.8 Å². The van der Waals surface area contributed by atoms with Crippen molar-refractivity contribution in [2.24, 2.45) is 18.4 Å². The van der Waals surface area contributed by atoms with Crippen molar-refractivity contribution >= 4 is 51.7 Å². The maximum absolute atomic E-state index is 13.5. The van der Waals surface area contributed by atoms with Crippen molar-refractivity contribution in [3.8, 4) is 0 Å². The van der Waals surface area contributed by atoms with Crippen LogP contribution in [0, 0.1) is 11.3 Å². The quantitative estimate of drug-likeness (QED) is 0.230. The van der Waals surface area contributed by atoms with E-state index in [4.69, 9.17) is 23.2 Å². The smallest absolute Gasteiger partial charge is 0.371 e. The molecule has 1 aromatic heterocycles. The number of amides is 2. The van der Waals surface area contributed by atoms with Crippen LogP contribution in [0.2, 0.25) is 10.0 Å². The second-order valence-electron chi connectivity index (χ2n) is 13.2. The average Bonchev–Trinajstić information content (AvgIpc) is 3.29. The van der Waals surface area contributed by atoms with Crippen LogP contribution in [0.4, 0.5) is 40.8 Å². The zero-order valence-electron chi connectivity index (χ0n) is 26.6. The summed E-state index contributed by atoms with van der Waals surface area (Å²) in [5, 5.41) is 5.17. The Balaban J connectivity index is 1.45. The first-order valence-electron chi connectivity index (χ1n) is 15.4. The topological polar surface area (TPSA) is 79.3 Å². The summed E-state index contributed by atoms with van der Waals surface area (Å²) in [5.74, 6) is -5.87. The second-order valence-corrected chi connectivity index (χ2v) is 13.9. The number of halogens is 10. The SMILES string of the molecule is Cn1c(Cc2c(Cl)ccc(CNC(=O)C(C)(C)C(F)(F)F)c2Cl)nc2cc(C(=O)NC3CC(F)(F)C3)c(N3CCC(C(F)(F)F)CC3)cc21. The number of piperidine rings is 1. The molecule has 3 aromatic rings. The number of hydrogen-bond acceptors (Lipinski definition) is 4. The van der Waals surface area contributed by atoms with Crippen molar-refractivity contribution in [1.82, 2.24) is 20.2 Å². The minimum absolute atomic E-state index is 0.0108. The number of nitrogens with one attached hydrogen (secondary N) is 2. The third-order valence-electron chi connectivity index (χ3n) is 9.38. The predicted octanol–water partition coefficient (Wildman–Crippen LogP) is 7.98. The maximum Gasteiger partial charge on any atom is 0.402 e. The Morgan fingerprint density at radius 3 is 2.22 bits per heavy atom. The van der Waals surface area contributed by atoms with Crippen molar-refractivity contribution in [3.05, 3.63) is 56.8 Å². The molecule has 2 aliphatic rings. The van der Waals surface area contributed by atoms with Gasteiger partial charge in [0.2, 0.25) is 5.91 Å². The van der Waals surface area contributed by atoms with Gasteiger partial charge in [0.05, 0.1) is 33.2 Å². The summed E-state index contributed by atoms with van der Waals surface area (Å²) in [6.07, 6.45) is -10.5. The molecule has 1 aliphatic carbocycles. The van der Waals surface area contributed by atoms with Crippen molar-refractivity contribution in [1.29, 1.82) is 0 Å². The summed E-state index contributed by atoms with van der Waals surface area (Å²) in [6.45, 7) is 1.23. The third-order valence-corrected chi connectivity index (χ3v) is 10.2. The summed E-state index contributed by atoms with van der Waals surface area (Å²) in [6, 6.07) is 5.29. The van der Waals surface area contributed by atoms with Crippen LogP contribution >= 0.6 is 23.2 Å². The van der Waals surface area contributed by atoms with Crippen LogP contribution in [-0.4, -0.2) is 58.8 Å². The van der Waals surface area contributed by atoms with E-state index in [1.54, 1.807) is 22.6 Å². The van der Waals surface area contributed by atoms with E-state index in [-0.39, 0.29) is 54.5 Å². The van der Waals surface area contributed by atoms with Gasteiger partial charge in [0.15, 0.2) is 0 Å². The minimum atomic E-state index is -4.78. The minimum Gasteiger partial charge on any atom is -0.371 e. The molecule has 2 aromatic carbocycles. The molecular weight excluding hydrogens is 709 g/mol. The molecule has 2 N–H and O–H groups in total.